The van der Waals surface area contributed by atoms with E-state index in [9.17, 15) is 4.79 Å². The van der Waals surface area contributed by atoms with Crippen molar-refractivity contribution in [2.45, 2.75) is 40.3 Å². The van der Waals surface area contributed by atoms with Crippen molar-refractivity contribution in [3.63, 3.8) is 0 Å². The van der Waals surface area contributed by atoms with Crippen LogP contribution in [0.5, 0.6) is 5.88 Å². The molecule has 0 spiro atoms. The first-order valence-corrected chi connectivity index (χ1v) is 8.76. The number of carbonyl (C=O) groups excluding carboxylic acids is 1. The molecule has 0 radical (unpaired) electrons. The van der Waals surface area contributed by atoms with Gasteiger partial charge in [0, 0.05) is 29.6 Å². The zero-order chi connectivity index (χ0) is 19.4. The molecule has 0 saturated heterocycles. The Morgan fingerprint density at radius 1 is 1.33 bits per heavy atom. The Morgan fingerprint density at radius 2 is 2.15 bits per heavy atom. The number of ether oxygens (including phenoxy) is 1. The van der Waals surface area contributed by atoms with E-state index in [2.05, 4.69) is 32.6 Å². The molecule has 0 aromatic carbocycles. The van der Waals surface area contributed by atoms with Crippen LogP contribution in [0.1, 0.15) is 24.7 Å². The Bertz CT molecular complexity index is 945. The Hall–Kier alpha value is -3.23. The molecule has 0 bridgehead atoms. The number of aromatic nitrogens is 6. The number of aryl methyl sites for hydroxylation is 2. The molecule has 0 aliphatic rings. The standard InChI is InChI=1S/C18H23N7O2/c1-5-9-24-10-15(21-23-24)20-16(26)11-25-13(3)17(12(2)22-25)14-7-6-8-19-18(14)27-4/h6-8,10H,5,9,11H2,1-4H3,(H,20,26). The molecule has 0 atom stereocenters. The summed E-state index contributed by atoms with van der Waals surface area (Å²) in [5.74, 6) is 0.748. The molecule has 3 aromatic heterocycles. The van der Waals surface area contributed by atoms with E-state index < -0.39 is 0 Å². The maximum absolute atomic E-state index is 12.4. The summed E-state index contributed by atoms with van der Waals surface area (Å²) < 4.78 is 8.73. The summed E-state index contributed by atoms with van der Waals surface area (Å²) in [4.78, 5) is 16.6. The summed E-state index contributed by atoms with van der Waals surface area (Å²) in [6, 6.07) is 3.78. The molecule has 3 heterocycles. The van der Waals surface area contributed by atoms with Crippen LogP contribution in [0.4, 0.5) is 5.82 Å². The number of methoxy groups -OCH3 is 1. The minimum atomic E-state index is -0.214. The molecule has 1 amide bonds. The van der Waals surface area contributed by atoms with Crippen LogP contribution in [0, 0.1) is 13.8 Å². The highest BCUT2D eigenvalue weighted by atomic mass is 16.5. The SMILES string of the molecule is CCCn1cc(NC(=O)Cn2nc(C)c(-c3cccnc3OC)c2C)nn1. The first kappa shape index (κ1) is 18.6. The highest BCUT2D eigenvalue weighted by Crippen LogP contribution is 2.32. The van der Waals surface area contributed by atoms with E-state index in [1.54, 1.807) is 28.9 Å². The second-order valence-electron chi connectivity index (χ2n) is 6.18. The second-order valence-corrected chi connectivity index (χ2v) is 6.18. The van der Waals surface area contributed by atoms with E-state index in [1.165, 1.54) is 0 Å². The first-order chi connectivity index (χ1) is 13.0. The molecule has 0 aliphatic heterocycles. The Morgan fingerprint density at radius 3 is 2.89 bits per heavy atom. The molecular weight excluding hydrogens is 346 g/mol. The lowest BCUT2D eigenvalue weighted by atomic mass is 10.1. The third-order valence-electron chi connectivity index (χ3n) is 4.17. The zero-order valence-corrected chi connectivity index (χ0v) is 15.9. The number of pyridine rings is 1. The first-order valence-electron chi connectivity index (χ1n) is 8.76. The smallest absolute Gasteiger partial charge is 0.247 e. The van der Waals surface area contributed by atoms with E-state index in [0.29, 0.717) is 11.7 Å². The maximum atomic E-state index is 12.4. The molecule has 142 valence electrons. The molecular formula is C18H23N7O2. The highest BCUT2D eigenvalue weighted by Gasteiger charge is 2.19. The van der Waals surface area contributed by atoms with Crippen molar-refractivity contribution in [3.05, 3.63) is 35.9 Å². The molecule has 3 rings (SSSR count). The van der Waals surface area contributed by atoms with Gasteiger partial charge < -0.3 is 10.1 Å². The van der Waals surface area contributed by atoms with E-state index in [4.69, 9.17) is 4.74 Å². The van der Waals surface area contributed by atoms with Gasteiger partial charge in [0.2, 0.25) is 11.8 Å². The summed E-state index contributed by atoms with van der Waals surface area (Å²) in [5.41, 5.74) is 3.44. The van der Waals surface area contributed by atoms with Gasteiger partial charge in [0.15, 0.2) is 5.82 Å². The van der Waals surface area contributed by atoms with Crippen molar-refractivity contribution in [2.24, 2.45) is 0 Å². The third kappa shape index (κ3) is 3.97. The monoisotopic (exact) mass is 369 g/mol. The molecule has 0 fully saturated rings. The van der Waals surface area contributed by atoms with Gasteiger partial charge in [0.1, 0.15) is 6.54 Å². The van der Waals surface area contributed by atoms with Gasteiger partial charge in [-0.3, -0.25) is 14.2 Å². The van der Waals surface area contributed by atoms with E-state index >= 15 is 0 Å². The Labute approximate surface area is 157 Å². The van der Waals surface area contributed by atoms with Crippen LogP contribution in [0.3, 0.4) is 0 Å². The van der Waals surface area contributed by atoms with Gasteiger partial charge in [-0.2, -0.15) is 5.10 Å². The lowest BCUT2D eigenvalue weighted by Crippen LogP contribution is -2.20. The van der Waals surface area contributed by atoms with E-state index in [-0.39, 0.29) is 12.5 Å². The predicted molar refractivity (Wildman–Crippen MR) is 100 cm³/mol. The molecule has 9 nitrogen and oxygen atoms in total. The maximum Gasteiger partial charge on any atom is 0.247 e. The van der Waals surface area contributed by atoms with Crippen LogP contribution in [-0.4, -0.2) is 42.8 Å². The molecule has 0 aliphatic carbocycles. The molecule has 0 unspecified atom stereocenters. The lowest BCUT2D eigenvalue weighted by Gasteiger charge is -2.08. The number of anilines is 1. The normalized spacial score (nSPS) is 10.8. The van der Waals surface area contributed by atoms with Crippen LogP contribution >= 0.6 is 0 Å². The molecule has 27 heavy (non-hydrogen) atoms. The minimum Gasteiger partial charge on any atom is -0.481 e. The van der Waals surface area contributed by atoms with Gasteiger partial charge in [0.05, 0.1) is 19.0 Å². The number of hydrogen-bond acceptors (Lipinski definition) is 6. The number of nitrogens with zero attached hydrogens (tertiary/aromatic N) is 6. The summed E-state index contributed by atoms with van der Waals surface area (Å²) in [6.45, 7) is 6.72. The zero-order valence-electron chi connectivity index (χ0n) is 15.9. The predicted octanol–water partition coefficient (Wildman–Crippen LogP) is 2.21. The van der Waals surface area contributed by atoms with Crippen molar-refractivity contribution in [1.82, 2.24) is 29.8 Å². The topological polar surface area (TPSA) is 99.8 Å². The summed E-state index contributed by atoms with van der Waals surface area (Å²) in [5, 5.41) is 15.2. The lowest BCUT2D eigenvalue weighted by molar-refractivity contribution is -0.117. The van der Waals surface area contributed by atoms with Crippen molar-refractivity contribution in [3.8, 4) is 17.0 Å². The summed E-state index contributed by atoms with van der Waals surface area (Å²) in [7, 11) is 1.58. The molecule has 0 saturated carbocycles. The summed E-state index contributed by atoms with van der Waals surface area (Å²) in [6.07, 6.45) is 4.34. The highest BCUT2D eigenvalue weighted by molar-refractivity contribution is 5.89. The Balaban J connectivity index is 1.78. The van der Waals surface area contributed by atoms with Crippen LogP contribution in [0.15, 0.2) is 24.5 Å². The van der Waals surface area contributed by atoms with Crippen LogP contribution in [0.2, 0.25) is 0 Å². The molecule has 9 heteroatoms. The average Bonchev–Trinajstić information content (AvgIpc) is 3.19. The van der Waals surface area contributed by atoms with Crippen molar-refractivity contribution >= 4 is 11.7 Å². The van der Waals surface area contributed by atoms with Crippen LogP contribution < -0.4 is 10.1 Å². The quantitative estimate of drug-likeness (QED) is 0.685. The fourth-order valence-corrected chi connectivity index (χ4v) is 3.00. The van der Waals surface area contributed by atoms with Crippen molar-refractivity contribution in [2.75, 3.05) is 12.4 Å². The average molecular weight is 369 g/mol. The number of hydrogen-bond donors (Lipinski definition) is 1. The molecule has 3 aromatic rings. The summed E-state index contributed by atoms with van der Waals surface area (Å²) >= 11 is 0. The fraction of sp³-hybridized carbons (Fsp3) is 0.389. The van der Waals surface area contributed by atoms with Crippen molar-refractivity contribution < 1.29 is 9.53 Å². The van der Waals surface area contributed by atoms with E-state index in [0.717, 1.165) is 35.5 Å². The number of carbonyl (C=O) groups is 1. The number of rotatable bonds is 7. The van der Waals surface area contributed by atoms with Gasteiger partial charge in [-0.15, -0.1) is 5.10 Å². The molecule has 1 N–H and O–H groups in total. The van der Waals surface area contributed by atoms with Gasteiger partial charge in [0.25, 0.3) is 0 Å². The Kier molecular flexibility index (Phi) is 5.49. The van der Waals surface area contributed by atoms with Gasteiger partial charge in [-0.25, -0.2) is 4.98 Å². The third-order valence-corrected chi connectivity index (χ3v) is 4.17. The van der Waals surface area contributed by atoms with E-state index in [1.807, 2.05) is 26.0 Å². The second kappa shape index (κ2) is 7.98. The number of nitrogens with one attached hydrogen (secondary N) is 1. The number of amides is 1. The van der Waals surface area contributed by atoms with Crippen LogP contribution in [0.25, 0.3) is 11.1 Å². The minimum absolute atomic E-state index is 0.0793. The van der Waals surface area contributed by atoms with Gasteiger partial charge >= 0.3 is 0 Å². The fourth-order valence-electron chi connectivity index (χ4n) is 3.00. The van der Waals surface area contributed by atoms with Gasteiger partial charge in [-0.1, -0.05) is 12.1 Å². The van der Waals surface area contributed by atoms with Gasteiger partial charge in [-0.05, 0) is 32.4 Å². The van der Waals surface area contributed by atoms with Crippen LogP contribution in [-0.2, 0) is 17.9 Å². The largest absolute Gasteiger partial charge is 0.481 e. The van der Waals surface area contributed by atoms with Crippen molar-refractivity contribution in [1.29, 1.82) is 0 Å².